The molecule has 0 unspecified atom stereocenters. The number of rotatable bonds is 8. The van der Waals surface area contributed by atoms with Crippen molar-refractivity contribution in [2.75, 3.05) is 10.6 Å². The molecular formula is C29H25F3N6O. The Labute approximate surface area is 222 Å². The number of halogens is 3. The number of hydrogen-bond donors (Lipinski definition) is 5. The summed E-state index contributed by atoms with van der Waals surface area (Å²) < 4.78 is 40.1. The van der Waals surface area contributed by atoms with Crippen LogP contribution in [0.25, 0.3) is 11.6 Å². The Balaban J connectivity index is 1.57. The maximum absolute atomic E-state index is 13.4. The lowest BCUT2D eigenvalue weighted by molar-refractivity contribution is -0.137. The van der Waals surface area contributed by atoms with E-state index >= 15 is 0 Å². The SMILES string of the molecule is C/C(=C\c1ccc[nH]1)c1ccc(Nc2cccc(C(=N)N=C(N)c3ccccc3C(F)(F)F)c2)cc1NC=O. The molecule has 0 saturated carbocycles. The first-order chi connectivity index (χ1) is 18.7. The van der Waals surface area contributed by atoms with Gasteiger partial charge in [-0.15, -0.1) is 0 Å². The summed E-state index contributed by atoms with van der Waals surface area (Å²) in [4.78, 5) is 18.3. The molecule has 4 rings (SSSR count). The Hall–Kier alpha value is -5.12. The summed E-state index contributed by atoms with van der Waals surface area (Å²) in [5.41, 5.74) is 9.57. The van der Waals surface area contributed by atoms with E-state index in [4.69, 9.17) is 11.1 Å². The molecule has 198 valence electrons. The van der Waals surface area contributed by atoms with Gasteiger partial charge in [0.15, 0.2) is 5.84 Å². The van der Waals surface area contributed by atoms with Crippen LogP contribution in [0.3, 0.4) is 0 Å². The number of aliphatic imine (C=N–C) groups is 1. The summed E-state index contributed by atoms with van der Waals surface area (Å²) in [5.74, 6) is -0.703. The van der Waals surface area contributed by atoms with Crippen LogP contribution in [0, 0.1) is 5.41 Å². The van der Waals surface area contributed by atoms with Crippen molar-refractivity contribution in [3.05, 3.63) is 113 Å². The second-order valence-electron chi connectivity index (χ2n) is 8.57. The quantitative estimate of drug-likeness (QED) is 0.0998. The van der Waals surface area contributed by atoms with Crippen LogP contribution in [0.2, 0.25) is 0 Å². The molecule has 0 aliphatic heterocycles. The molecule has 0 bridgehead atoms. The predicted octanol–water partition coefficient (Wildman–Crippen LogP) is 6.64. The lowest BCUT2D eigenvalue weighted by Crippen LogP contribution is -2.21. The molecule has 4 aromatic rings. The Morgan fingerprint density at radius 1 is 0.974 bits per heavy atom. The number of nitrogens with zero attached hydrogens (tertiary/aromatic N) is 1. The molecule has 39 heavy (non-hydrogen) atoms. The van der Waals surface area contributed by atoms with Crippen LogP contribution in [-0.4, -0.2) is 23.1 Å². The fourth-order valence-corrected chi connectivity index (χ4v) is 4.00. The third kappa shape index (κ3) is 6.61. The van der Waals surface area contributed by atoms with Crippen molar-refractivity contribution >= 4 is 46.8 Å². The Morgan fingerprint density at radius 3 is 2.46 bits per heavy atom. The van der Waals surface area contributed by atoms with Crippen molar-refractivity contribution in [2.24, 2.45) is 10.7 Å². The zero-order valence-corrected chi connectivity index (χ0v) is 20.8. The van der Waals surface area contributed by atoms with Gasteiger partial charge in [0, 0.05) is 40.0 Å². The summed E-state index contributed by atoms with van der Waals surface area (Å²) in [5, 5.41) is 14.3. The van der Waals surface area contributed by atoms with Gasteiger partial charge in [-0.1, -0.05) is 36.4 Å². The van der Waals surface area contributed by atoms with Crippen molar-refractivity contribution in [2.45, 2.75) is 13.1 Å². The van der Waals surface area contributed by atoms with Gasteiger partial charge in [0.25, 0.3) is 0 Å². The number of benzene rings is 3. The second kappa shape index (κ2) is 11.5. The zero-order valence-electron chi connectivity index (χ0n) is 20.8. The fraction of sp³-hybridized carbons (Fsp3) is 0.0690. The number of nitrogens with one attached hydrogen (secondary N) is 4. The predicted molar refractivity (Wildman–Crippen MR) is 149 cm³/mol. The van der Waals surface area contributed by atoms with Crippen molar-refractivity contribution in [3.63, 3.8) is 0 Å². The van der Waals surface area contributed by atoms with E-state index in [1.54, 1.807) is 30.3 Å². The molecule has 1 aromatic heterocycles. The van der Waals surface area contributed by atoms with E-state index in [1.165, 1.54) is 18.2 Å². The third-order valence-electron chi connectivity index (χ3n) is 5.82. The summed E-state index contributed by atoms with van der Waals surface area (Å²) in [7, 11) is 0. The maximum atomic E-state index is 13.4. The third-order valence-corrected chi connectivity index (χ3v) is 5.82. The first kappa shape index (κ1) is 26.9. The number of amidine groups is 2. The van der Waals surface area contributed by atoms with E-state index in [0.717, 1.165) is 22.9 Å². The molecule has 7 nitrogen and oxygen atoms in total. The monoisotopic (exact) mass is 530 g/mol. The Kier molecular flexibility index (Phi) is 7.95. The van der Waals surface area contributed by atoms with Gasteiger partial charge >= 0.3 is 6.18 Å². The van der Waals surface area contributed by atoms with E-state index < -0.39 is 17.6 Å². The van der Waals surface area contributed by atoms with Crippen molar-refractivity contribution < 1.29 is 18.0 Å². The van der Waals surface area contributed by atoms with E-state index in [1.807, 2.05) is 43.5 Å². The van der Waals surface area contributed by atoms with Gasteiger partial charge in [0.1, 0.15) is 5.84 Å². The first-order valence-corrected chi connectivity index (χ1v) is 11.8. The van der Waals surface area contributed by atoms with E-state index in [0.29, 0.717) is 29.0 Å². The van der Waals surface area contributed by atoms with Crippen LogP contribution < -0.4 is 16.4 Å². The van der Waals surface area contributed by atoms with Gasteiger partial charge in [-0.25, -0.2) is 4.99 Å². The van der Waals surface area contributed by atoms with Crippen molar-refractivity contribution in [1.29, 1.82) is 5.41 Å². The molecule has 0 spiro atoms. The van der Waals surface area contributed by atoms with Crippen LogP contribution in [0.15, 0.2) is 90.1 Å². The number of hydrogen-bond acceptors (Lipinski definition) is 3. The molecule has 0 radical (unpaired) electrons. The summed E-state index contributed by atoms with van der Waals surface area (Å²) >= 11 is 0. The minimum Gasteiger partial charge on any atom is -0.383 e. The van der Waals surface area contributed by atoms with E-state index in [-0.39, 0.29) is 11.4 Å². The molecular weight excluding hydrogens is 505 g/mol. The average Bonchev–Trinajstić information content (AvgIpc) is 3.41. The highest BCUT2D eigenvalue weighted by molar-refractivity contribution is 6.10. The largest absolute Gasteiger partial charge is 0.417 e. The minimum atomic E-state index is -4.61. The number of amides is 1. The standard InChI is InChI=1S/C29H25F3N6O/c1-18(14-20-8-5-13-35-20)23-12-11-22(16-26(23)36-17-39)37-21-7-4-6-19(15-21)27(33)38-28(34)24-9-2-3-10-25(24)29(30,31)32/h2-17,35,37H,1H3,(H,36,39)(H3,33,34,38)/b18-14+. The highest BCUT2D eigenvalue weighted by Crippen LogP contribution is 2.32. The van der Waals surface area contributed by atoms with Gasteiger partial charge < -0.3 is 21.4 Å². The second-order valence-corrected chi connectivity index (χ2v) is 8.57. The molecule has 0 aliphatic carbocycles. The zero-order chi connectivity index (χ0) is 28.0. The number of alkyl halides is 3. The van der Waals surface area contributed by atoms with Gasteiger partial charge in [-0.3, -0.25) is 10.2 Å². The Morgan fingerprint density at radius 2 is 1.74 bits per heavy atom. The highest BCUT2D eigenvalue weighted by atomic mass is 19.4. The topological polar surface area (TPSA) is 119 Å². The van der Waals surface area contributed by atoms with Gasteiger partial charge in [0.05, 0.1) is 11.3 Å². The number of anilines is 3. The van der Waals surface area contributed by atoms with Gasteiger partial charge in [-0.2, -0.15) is 13.2 Å². The molecule has 0 atom stereocenters. The number of H-pyrrole nitrogens is 1. The van der Waals surface area contributed by atoms with Crippen LogP contribution >= 0.6 is 0 Å². The summed E-state index contributed by atoms with van der Waals surface area (Å²) in [6.45, 7) is 1.94. The number of allylic oxidation sites excluding steroid dienone is 1. The molecule has 0 fully saturated rings. The smallest absolute Gasteiger partial charge is 0.383 e. The molecule has 3 aromatic carbocycles. The number of carbonyl (C=O) groups excluding carboxylic acids is 1. The summed E-state index contributed by atoms with van der Waals surface area (Å²) in [6, 6.07) is 20.8. The molecule has 0 aliphatic rings. The number of nitrogens with two attached hydrogens (primary N) is 1. The normalized spacial score (nSPS) is 12.2. The van der Waals surface area contributed by atoms with E-state index in [2.05, 4.69) is 20.6 Å². The lowest BCUT2D eigenvalue weighted by atomic mass is 10.0. The number of aromatic nitrogens is 1. The van der Waals surface area contributed by atoms with Gasteiger partial charge in [0.2, 0.25) is 6.41 Å². The maximum Gasteiger partial charge on any atom is 0.417 e. The highest BCUT2D eigenvalue weighted by Gasteiger charge is 2.33. The van der Waals surface area contributed by atoms with Crippen LogP contribution in [0.1, 0.15) is 34.9 Å². The molecule has 0 saturated heterocycles. The molecule has 10 heteroatoms. The molecule has 6 N–H and O–H groups in total. The van der Waals surface area contributed by atoms with Gasteiger partial charge in [-0.05, 0) is 61.0 Å². The summed E-state index contributed by atoms with van der Waals surface area (Å²) in [6.07, 6.45) is -0.212. The van der Waals surface area contributed by atoms with Crippen LogP contribution in [0.5, 0.6) is 0 Å². The first-order valence-electron chi connectivity index (χ1n) is 11.8. The fourth-order valence-electron chi connectivity index (χ4n) is 4.00. The number of aromatic amines is 1. The number of carbonyl (C=O) groups is 1. The molecule has 1 amide bonds. The van der Waals surface area contributed by atoms with Crippen molar-refractivity contribution in [3.8, 4) is 0 Å². The average molecular weight is 531 g/mol. The molecule has 1 heterocycles. The van der Waals surface area contributed by atoms with Crippen LogP contribution in [0.4, 0.5) is 30.2 Å². The van der Waals surface area contributed by atoms with Crippen molar-refractivity contribution in [1.82, 2.24) is 4.98 Å². The van der Waals surface area contributed by atoms with Crippen LogP contribution in [-0.2, 0) is 11.0 Å². The van der Waals surface area contributed by atoms with E-state index in [9.17, 15) is 18.0 Å². The lowest BCUT2D eigenvalue weighted by Gasteiger charge is -2.14. The minimum absolute atomic E-state index is 0.292. The Bertz CT molecular complexity index is 1560.